The van der Waals surface area contributed by atoms with Crippen molar-refractivity contribution < 1.29 is 4.79 Å². The van der Waals surface area contributed by atoms with Crippen LogP contribution in [0.2, 0.25) is 5.02 Å². The third kappa shape index (κ3) is 3.18. The van der Waals surface area contributed by atoms with Gasteiger partial charge in [0, 0.05) is 5.02 Å². The Bertz CT molecular complexity index is 778. The Morgan fingerprint density at radius 3 is 2.48 bits per heavy atom. The van der Waals surface area contributed by atoms with E-state index in [1.807, 2.05) is 41.8 Å². The molecule has 1 aromatic heterocycles. The highest BCUT2D eigenvalue weighted by atomic mass is 35.5. The highest BCUT2D eigenvalue weighted by Gasteiger charge is 2.44. The molecule has 2 aliphatic rings. The maximum absolute atomic E-state index is 12.8. The van der Waals surface area contributed by atoms with Gasteiger partial charge in [-0.1, -0.05) is 30.5 Å². The average molecular weight is 374 g/mol. The zero-order valence-corrected chi connectivity index (χ0v) is 15.4. The van der Waals surface area contributed by atoms with Crippen molar-refractivity contribution in [3.8, 4) is 0 Å². The van der Waals surface area contributed by atoms with Crippen LogP contribution in [0.15, 0.2) is 46.8 Å². The third-order valence-corrected chi connectivity index (χ3v) is 6.02. The van der Waals surface area contributed by atoms with Crippen molar-refractivity contribution in [1.82, 2.24) is 5.43 Å². The molecule has 4 nitrogen and oxygen atoms in total. The maximum Gasteiger partial charge on any atom is 0.239 e. The molecule has 0 unspecified atom stereocenters. The number of ketones is 1. The lowest BCUT2D eigenvalue weighted by molar-refractivity contribution is 0.106. The number of benzene rings is 1. The Balaban J connectivity index is 1.71. The number of anilines is 1. The van der Waals surface area contributed by atoms with Gasteiger partial charge in [0.05, 0.1) is 10.6 Å². The summed E-state index contributed by atoms with van der Waals surface area (Å²) in [6.07, 6.45) is 6.58. The summed E-state index contributed by atoms with van der Waals surface area (Å²) >= 11 is 7.50. The molecule has 0 bridgehead atoms. The molecule has 1 fully saturated rings. The molecule has 0 atom stereocenters. The second-order valence-corrected chi connectivity index (χ2v) is 7.97. The normalized spacial score (nSPS) is 19.4. The van der Waals surface area contributed by atoms with E-state index in [0.717, 1.165) is 31.4 Å². The molecule has 1 aliphatic heterocycles. The molecule has 6 heteroatoms. The maximum atomic E-state index is 12.8. The number of nitrogens with one attached hydrogen (secondary N) is 1. The smallest absolute Gasteiger partial charge is 0.239 e. The molecule has 1 saturated carbocycles. The second kappa shape index (κ2) is 6.81. The Labute approximate surface area is 156 Å². The summed E-state index contributed by atoms with van der Waals surface area (Å²) in [5.74, 6) is 0.411. The van der Waals surface area contributed by atoms with E-state index >= 15 is 0 Å². The first-order valence-corrected chi connectivity index (χ1v) is 9.94. The molecule has 1 N–H and O–H groups in total. The monoisotopic (exact) mass is 373 g/mol. The van der Waals surface area contributed by atoms with Crippen molar-refractivity contribution in [2.24, 2.45) is 4.99 Å². The number of nitrogens with zero attached hydrogens (tertiary/aromatic N) is 2. The number of hydrogen-bond acceptors (Lipinski definition) is 5. The van der Waals surface area contributed by atoms with Crippen molar-refractivity contribution in [2.45, 2.75) is 44.2 Å². The highest BCUT2D eigenvalue weighted by molar-refractivity contribution is 7.13. The number of hydrogen-bond donors (Lipinski definition) is 1. The average Bonchev–Trinajstić information content (AvgIpc) is 3.21. The Morgan fingerprint density at radius 1 is 1.12 bits per heavy atom. The van der Waals surface area contributed by atoms with Crippen molar-refractivity contribution in [3.63, 3.8) is 0 Å². The summed E-state index contributed by atoms with van der Waals surface area (Å²) in [4.78, 5) is 18.5. The first-order chi connectivity index (χ1) is 12.2. The number of Topliss-reactive ketones (excluding diaryl/α,β-unsaturated/α-hetero) is 1. The van der Waals surface area contributed by atoms with Crippen LogP contribution in [0.1, 0.15) is 48.2 Å². The van der Waals surface area contributed by atoms with E-state index in [-0.39, 0.29) is 11.4 Å². The van der Waals surface area contributed by atoms with Crippen LogP contribution >= 0.6 is 22.9 Å². The van der Waals surface area contributed by atoms with Gasteiger partial charge in [-0.25, -0.2) is 4.99 Å². The Kier molecular flexibility index (Phi) is 4.52. The summed E-state index contributed by atoms with van der Waals surface area (Å²) in [5.41, 5.74) is 3.91. The molecule has 1 aromatic carbocycles. The zero-order valence-electron chi connectivity index (χ0n) is 13.9. The number of carbonyl (C=O) groups excluding carboxylic acids is 1. The number of aliphatic imine (C=N–C) groups is 1. The molecule has 1 spiro atoms. The van der Waals surface area contributed by atoms with Crippen LogP contribution in [0, 0.1) is 0 Å². The summed E-state index contributed by atoms with van der Waals surface area (Å²) in [6, 6.07) is 11.5. The van der Waals surface area contributed by atoms with Gasteiger partial charge >= 0.3 is 0 Å². The standard InChI is InChI=1S/C19H20ClN3OS/c20-14-7-9-15(10-8-14)23-19(11-3-1-2-4-12-19)21-18(22-23)17(24)16-6-5-13-25-16/h5-10,13H,1-4,11-12H2,(H,21,22). The van der Waals surface area contributed by atoms with Crippen LogP contribution in [0.3, 0.4) is 0 Å². The minimum absolute atomic E-state index is 0.0323. The lowest BCUT2D eigenvalue weighted by Crippen LogP contribution is -2.50. The number of carbonyl (C=O) groups is 1. The fraction of sp³-hybridized carbons (Fsp3) is 0.368. The van der Waals surface area contributed by atoms with Gasteiger partial charge in [-0.3, -0.25) is 15.2 Å². The van der Waals surface area contributed by atoms with Crippen molar-refractivity contribution in [1.29, 1.82) is 0 Å². The molecule has 2 aromatic rings. The molecule has 4 rings (SSSR count). The first kappa shape index (κ1) is 16.6. The molecule has 0 amide bonds. The molecule has 0 radical (unpaired) electrons. The number of hydrazine groups is 1. The highest BCUT2D eigenvalue weighted by Crippen LogP contribution is 2.39. The van der Waals surface area contributed by atoms with Crippen LogP contribution < -0.4 is 10.4 Å². The lowest BCUT2D eigenvalue weighted by Gasteiger charge is -2.36. The lowest BCUT2D eigenvalue weighted by atomic mass is 10.00. The summed E-state index contributed by atoms with van der Waals surface area (Å²) in [5, 5.41) is 4.70. The second-order valence-electron chi connectivity index (χ2n) is 6.59. The van der Waals surface area contributed by atoms with E-state index in [4.69, 9.17) is 16.6 Å². The molecule has 130 valence electrons. The van der Waals surface area contributed by atoms with Crippen LogP contribution in [0.25, 0.3) is 0 Å². The fourth-order valence-electron chi connectivity index (χ4n) is 3.64. The van der Waals surface area contributed by atoms with Crippen LogP contribution in [-0.2, 0) is 0 Å². The molecular weight excluding hydrogens is 354 g/mol. The minimum atomic E-state index is -0.382. The number of halogens is 1. The van der Waals surface area contributed by atoms with Gasteiger partial charge in [-0.15, -0.1) is 11.3 Å². The first-order valence-electron chi connectivity index (χ1n) is 8.68. The van der Waals surface area contributed by atoms with Crippen LogP contribution in [0.5, 0.6) is 0 Å². The van der Waals surface area contributed by atoms with E-state index in [1.54, 1.807) is 0 Å². The summed E-state index contributed by atoms with van der Waals surface area (Å²) < 4.78 is 0. The van der Waals surface area contributed by atoms with E-state index in [9.17, 15) is 4.79 Å². The van der Waals surface area contributed by atoms with Gasteiger partial charge in [-0.2, -0.15) is 0 Å². The van der Waals surface area contributed by atoms with Crippen LogP contribution in [0.4, 0.5) is 5.69 Å². The van der Waals surface area contributed by atoms with E-state index < -0.39 is 0 Å². The summed E-state index contributed by atoms with van der Waals surface area (Å²) in [7, 11) is 0. The molecular formula is C19H20ClN3OS. The van der Waals surface area contributed by atoms with Crippen molar-refractivity contribution >= 4 is 40.2 Å². The molecule has 25 heavy (non-hydrogen) atoms. The van der Waals surface area contributed by atoms with Crippen molar-refractivity contribution in [2.75, 3.05) is 5.01 Å². The third-order valence-electron chi connectivity index (χ3n) is 4.90. The van der Waals surface area contributed by atoms with Gasteiger partial charge < -0.3 is 0 Å². The van der Waals surface area contributed by atoms with Gasteiger partial charge in [0.2, 0.25) is 5.78 Å². The van der Waals surface area contributed by atoms with Gasteiger partial charge in [-0.05, 0) is 61.4 Å². The predicted octanol–water partition coefficient (Wildman–Crippen LogP) is 5.06. The fourth-order valence-corrected chi connectivity index (χ4v) is 4.43. The van der Waals surface area contributed by atoms with E-state index in [1.165, 1.54) is 24.2 Å². The number of rotatable bonds is 3. The number of amidine groups is 1. The Hall–Kier alpha value is -1.85. The van der Waals surface area contributed by atoms with Crippen molar-refractivity contribution in [3.05, 3.63) is 51.7 Å². The van der Waals surface area contributed by atoms with Gasteiger partial charge in [0.15, 0.2) is 11.5 Å². The largest absolute Gasteiger partial charge is 0.284 e. The summed E-state index contributed by atoms with van der Waals surface area (Å²) in [6.45, 7) is 0. The van der Waals surface area contributed by atoms with E-state index in [0.29, 0.717) is 15.7 Å². The Morgan fingerprint density at radius 2 is 1.84 bits per heavy atom. The minimum Gasteiger partial charge on any atom is -0.284 e. The molecule has 2 heterocycles. The molecule has 0 saturated heterocycles. The molecule has 1 aliphatic carbocycles. The van der Waals surface area contributed by atoms with Gasteiger partial charge in [0.25, 0.3) is 0 Å². The van der Waals surface area contributed by atoms with E-state index in [2.05, 4.69) is 10.4 Å². The number of thiophene rings is 1. The predicted molar refractivity (Wildman–Crippen MR) is 104 cm³/mol. The zero-order chi connectivity index (χ0) is 17.3. The van der Waals surface area contributed by atoms with Crippen LogP contribution in [-0.4, -0.2) is 17.3 Å². The quantitative estimate of drug-likeness (QED) is 0.765. The topological polar surface area (TPSA) is 44.7 Å². The SMILES string of the molecule is O=C(C1=NC2(CCCCCC2)N(c2ccc(Cl)cc2)N1)c1cccs1. The van der Waals surface area contributed by atoms with Gasteiger partial charge in [0.1, 0.15) is 0 Å².